The summed E-state index contributed by atoms with van der Waals surface area (Å²) in [6.07, 6.45) is 0. The fraction of sp³-hybridized carbons (Fsp3) is 1.00. The Labute approximate surface area is 77.2 Å². The van der Waals surface area contributed by atoms with Crippen LogP contribution in [0.15, 0.2) is 0 Å². The van der Waals surface area contributed by atoms with E-state index in [0.717, 1.165) is 0 Å². The number of nitrogens with two attached hydrogens (primary N) is 1. The molecular weight excluding hydrogens is 182 g/mol. The monoisotopic (exact) mass is 199 g/mol. The summed E-state index contributed by atoms with van der Waals surface area (Å²) in [4.78, 5) is 0. The third-order valence-corrected chi connectivity index (χ3v) is 0.945. The number of rotatable bonds is 3. The fourth-order valence-electron chi connectivity index (χ4n) is 0.150. The summed E-state index contributed by atoms with van der Waals surface area (Å²) >= 11 is 3.52. The molecule has 0 aliphatic rings. The van der Waals surface area contributed by atoms with Gasteiger partial charge < -0.3 is 26.2 Å². The predicted octanol–water partition coefficient (Wildman–Crippen LogP) is -2.08. The minimum Gasteiger partial charge on any atom is -0.394 e. The highest BCUT2D eigenvalue weighted by atomic mass is 32.1. The van der Waals surface area contributed by atoms with Gasteiger partial charge in [-0.3, -0.25) is 0 Å². The summed E-state index contributed by atoms with van der Waals surface area (Å²) in [5.74, 6) is 0. The average molecular weight is 199 g/mol. The first kappa shape index (κ1) is 14.7. The van der Waals surface area contributed by atoms with E-state index in [9.17, 15) is 0 Å². The van der Waals surface area contributed by atoms with Crippen molar-refractivity contribution in [2.75, 3.05) is 19.8 Å². The normalized spacial score (nSPS) is 13.2. The first-order valence-corrected chi connectivity index (χ1v) is 3.91. The van der Waals surface area contributed by atoms with Gasteiger partial charge in [0.05, 0.1) is 30.8 Å². The number of aliphatic hydroxyl groups is 4. The summed E-state index contributed by atoms with van der Waals surface area (Å²) in [5, 5.41) is 32.9. The first-order valence-electron chi connectivity index (χ1n) is 3.39. The van der Waals surface area contributed by atoms with Crippen molar-refractivity contribution < 1.29 is 20.4 Å². The van der Waals surface area contributed by atoms with Crippen LogP contribution in [-0.4, -0.2) is 51.2 Å². The lowest BCUT2D eigenvalue weighted by Crippen LogP contribution is -2.50. The van der Waals surface area contributed by atoms with Crippen LogP contribution >= 0.6 is 12.6 Å². The molecular formula is C6H17NO4S. The molecule has 0 radical (unpaired) electrons. The van der Waals surface area contributed by atoms with Crippen LogP contribution < -0.4 is 5.73 Å². The Balaban J connectivity index is 0. The summed E-state index contributed by atoms with van der Waals surface area (Å²) in [5.41, 5.74) is 3.47. The Kier molecular flexibility index (Phi) is 9.51. The van der Waals surface area contributed by atoms with Crippen molar-refractivity contribution in [2.45, 2.75) is 17.9 Å². The second kappa shape index (κ2) is 7.78. The van der Waals surface area contributed by atoms with E-state index in [1.54, 1.807) is 6.92 Å². The highest BCUT2D eigenvalue weighted by Gasteiger charge is 2.20. The Bertz CT molecular complexity index is 86.5. The molecule has 0 aliphatic heterocycles. The van der Waals surface area contributed by atoms with E-state index in [0.29, 0.717) is 0 Å². The van der Waals surface area contributed by atoms with Crippen molar-refractivity contribution in [3.63, 3.8) is 0 Å². The van der Waals surface area contributed by atoms with Gasteiger partial charge in [-0.1, -0.05) is 0 Å². The van der Waals surface area contributed by atoms with Gasteiger partial charge in [0.1, 0.15) is 0 Å². The molecule has 0 rings (SSSR count). The second-order valence-electron chi connectivity index (χ2n) is 2.47. The summed E-state index contributed by atoms with van der Waals surface area (Å²) in [7, 11) is 0. The SMILES string of the molecule is CC(O)S.NC(CO)(CO)CO. The fourth-order valence-corrected chi connectivity index (χ4v) is 0.150. The molecule has 0 aromatic rings. The molecule has 0 aromatic heterocycles. The molecule has 0 aromatic carbocycles. The highest BCUT2D eigenvalue weighted by molar-refractivity contribution is 7.80. The maximum atomic E-state index is 8.34. The summed E-state index contributed by atoms with van der Waals surface area (Å²) in [6.45, 7) is 0.378. The van der Waals surface area contributed by atoms with Crippen LogP contribution in [0.25, 0.3) is 0 Å². The van der Waals surface area contributed by atoms with Crippen LogP contribution in [-0.2, 0) is 0 Å². The van der Waals surface area contributed by atoms with Gasteiger partial charge in [0, 0.05) is 0 Å². The molecule has 0 saturated carbocycles. The highest BCUT2D eigenvalue weighted by Crippen LogP contribution is 1.93. The lowest BCUT2D eigenvalue weighted by molar-refractivity contribution is 0.0698. The number of aliphatic hydroxyl groups excluding tert-OH is 4. The van der Waals surface area contributed by atoms with Crippen molar-refractivity contribution in [3.8, 4) is 0 Å². The zero-order valence-corrected chi connectivity index (χ0v) is 7.91. The van der Waals surface area contributed by atoms with E-state index >= 15 is 0 Å². The van der Waals surface area contributed by atoms with E-state index in [2.05, 4.69) is 12.6 Å². The lowest BCUT2D eigenvalue weighted by Gasteiger charge is -2.20. The van der Waals surface area contributed by atoms with Crippen LogP contribution in [0.3, 0.4) is 0 Å². The first-order chi connectivity index (χ1) is 5.41. The van der Waals surface area contributed by atoms with E-state index in [1.807, 2.05) is 0 Å². The van der Waals surface area contributed by atoms with Gasteiger partial charge in [-0.25, -0.2) is 0 Å². The number of hydrogen-bond acceptors (Lipinski definition) is 6. The third kappa shape index (κ3) is 10.2. The average Bonchev–Trinajstić information content (AvgIpc) is 2.02. The Morgan fingerprint density at radius 1 is 1.25 bits per heavy atom. The van der Waals surface area contributed by atoms with Crippen LogP contribution in [0.2, 0.25) is 0 Å². The van der Waals surface area contributed by atoms with Gasteiger partial charge in [-0.2, -0.15) is 0 Å². The topological polar surface area (TPSA) is 107 Å². The summed E-state index contributed by atoms with van der Waals surface area (Å²) in [6, 6.07) is 0. The third-order valence-electron chi connectivity index (χ3n) is 0.945. The number of thiol groups is 1. The molecule has 0 fully saturated rings. The Morgan fingerprint density at radius 2 is 1.42 bits per heavy atom. The second-order valence-corrected chi connectivity index (χ2v) is 3.22. The van der Waals surface area contributed by atoms with Gasteiger partial charge in [-0.05, 0) is 6.92 Å². The molecule has 0 aliphatic carbocycles. The van der Waals surface area contributed by atoms with Gasteiger partial charge >= 0.3 is 0 Å². The lowest BCUT2D eigenvalue weighted by atomic mass is 10.1. The van der Waals surface area contributed by atoms with Crippen LogP contribution in [0.5, 0.6) is 0 Å². The predicted molar refractivity (Wildman–Crippen MR) is 48.8 cm³/mol. The van der Waals surface area contributed by atoms with Gasteiger partial charge in [0.15, 0.2) is 0 Å². The van der Waals surface area contributed by atoms with Crippen molar-refractivity contribution in [3.05, 3.63) is 0 Å². The standard InChI is InChI=1S/C4H11NO3.C2H6OS/c5-4(1-6,2-7)3-8;1-2(3)4/h6-8H,1-3,5H2;2-4H,1H3. The Hall–Kier alpha value is 0.150. The van der Waals surface area contributed by atoms with Gasteiger partial charge in [0.25, 0.3) is 0 Å². The molecule has 5 nitrogen and oxygen atoms in total. The molecule has 76 valence electrons. The smallest absolute Gasteiger partial charge is 0.0936 e. The van der Waals surface area contributed by atoms with E-state index in [-0.39, 0.29) is 0 Å². The van der Waals surface area contributed by atoms with Crippen LogP contribution in [0.1, 0.15) is 6.92 Å². The van der Waals surface area contributed by atoms with Crippen LogP contribution in [0.4, 0.5) is 0 Å². The van der Waals surface area contributed by atoms with Gasteiger partial charge in [-0.15, -0.1) is 12.6 Å². The molecule has 1 unspecified atom stereocenters. The van der Waals surface area contributed by atoms with Crippen molar-refractivity contribution >= 4 is 12.6 Å². The van der Waals surface area contributed by atoms with E-state index in [4.69, 9.17) is 26.2 Å². The zero-order valence-electron chi connectivity index (χ0n) is 7.01. The minimum absolute atomic E-state index is 0.403. The van der Waals surface area contributed by atoms with Gasteiger partial charge in [0.2, 0.25) is 0 Å². The minimum atomic E-state index is -1.21. The Morgan fingerprint density at radius 3 is 1.42 bits per heavy atom. The molecule has 12 heavy (non-hydrogen) atoms. The quantitative estimate of drug-likeness (QED) is 0.231. The van der Waals surface area contributed by atoms with E-state index in [1.165, 1.54) is 0 Å². The molecule has 0 amide bonds. The van der Waals surface area contributed by atoms with Crippen LogP contribution in [0, 0.1) is 0 Å². The maximum absolute atomic E-state index is 8.34. The molecule has 0 heterocycles. The molecule has 1 atom stereocenters. The zero-order chi connectivity index (χ0) is 10.2. The maximum Gasteiger partial charge on any atom is 0.0936 e. The molecule has 6 heteroatoms. The van der Waals surface area contributed by atoms with Crippen molar-refractivity contribution in [2.24, 2.45) is 5.73 Å². The number of hydrogen-bond donors (Lipinski definition) is 6. The largest absolute Gasteiger partial charge is 0.394 e. The molecule has 0 saturated heterocycles. The molecule has 0 bridgehead atoms. The van der Waals surface area contributed by atoms with Crippen molar-refractivity contribution in [1.82, 2.24) is 0 Å². The molecule has 6 N–H and O–H groups in total. The van der Waals surface area contributed by atoms with Crippen molar-refractivity contribution in [1.29, 1.82) is 0 Å². The summed E-state index contributed by atoms with van der Waals surface area (Å²) < 4.78 is 0. The van der Waals surface area contributed by atoms with E-state index < -0.39 is 30.8 Å². The molecule has 0 spiro atoms.